The molecule has 1 amide bonds. The van der Waals surface area contributed by atoms with Crippen molar-refractivity contribution < 1.29 is 9.53 Å². The summed E-state index contributed by atoms with van der Waals surface area (Å²) in [6.45, 7) is 2.49. The monoisotopic (exact) mass is 405 g/mol. The van der Waals surface area contributed by atoms with Gasteiger partial charge in [0.05, 0.1) is 18.2 Å². The van der Waals surface area contributed by atoms with Crippen LogP contribution in [-0.2, 0) is 4.79 Å². The van der Waals surface area contributed by atoms with Gasteiger partial charge >= 0.3 is 0 Å². The number of aryl methyl sites for hydroxylation is 1. The van der Waals surface area contributed by atoms with Crippen LogP contribution in [0.2, 0.25) is 0 Å². The molecule has 0 atom stereocenters. The number of benzene rings is 1. The van der Waals surface area contributed by atoms with Crippen molar-refractivity contribution in [3.8, 4) is 17.0 Å². The van der Waals surface area contributed by atoms with E-state index in [1.54, 1.807) is 30.7 Å². The molecule has 4 rings (SSSR count). The van der Waals surface area contributed by atoms with Crippen LogP contribution in [0.3, 0.4) is 0 Å². The lowest BCUT2D eigenvalue weighted by Gasteiger charge is -2.09. The molecule has 3 N–H and O–H groups in total. The molecule has 30 heavy (non-hydrogen) atoms. The summed E-state index contributed by atoms with van der Waals surface area (Å²) in [6.07, 6.45) is 2.13. The molecule has 0 spiro atoms. The molecule has 8 nitrogen and oxygen atoms in total. The Hall–Kier alpha value is -3.65. The summed E-state index contributed by atoms with van der Waals surface area (Å²) in [5.41, 5.74) is 2.83. The van der Waals surface area contributed by atoms with Gasteiger partial charge in [0.25, 0.3) is 5.56 Å². The summed E-state index contributed by atoms with van der Waals surface area (Å²) in [6, 6.07) is 11.1. The number of rotatable bonds is 6. The minimum atomic E-state index is -0.289. The molecule has 0 unspecified atom stereocenters. The Balaban J connectivity index is 1.90. The number of carbonyl (C=O) groups is 1. The molecule has 3 heterocycles. The van der Waals surface area contributed by atoms with E-state index in [1.165, 1.54) is 0 Å². The molecule has 154 valence electrons. The zero-order chi connectivity index (χ0) is 21.3. The van der Waals surface area contributed by atoms with E-state index in [0.717, 1.165) is 10.9 Å². The number of amides is 1. The summed E-state index contributed by atoms with van der Waals surface area (Å²) in [5.74, 6) is 0.982. The number of methoxy groups -OCH3 is 1. The molecule has 0 radical (unpaired) electrons. The van der Waals surface area contributed by atoms with Crippen LogP contribution < -0.4 is 20.9 Å². The quantitative estimate of drug-likeness (QED) is 0.458. The fraction of sp³-hybridized carbons (Fsp3) is 0.227. The first-order valence-corrected chi connectivity index (χ1v) is 9.65. The fourth-order valence-corrected chi connectivity index (χ4v) is 3.43. The normalized spacial score (nSPS) is 11.2. The van der Waals surface area contributed by atoms with Crippen LogP contribution in [0.5, 0.6) is 5.75 Å². The van der Waals surface area contributed by atoms with Crippen LogP contribution in [0.1, 0.15) is 12.0 Å². The molecule has 0 saturated carbocycles. The largest absolute Gasteiger partial charge is 0.497 e. The average Bonchev–Trinajstić information content (AvgIpc) is 3.10. The predicted octanol–water partition coefficient (Wildman–Crippen LogP) is 2.71. The Morgan fingerprint density at radius 1 is 1.27 bits per heavy atom. The molecule has 0 bridgehead atoms. The molecule has 0 saturated heterocycles. The maximum atomic E-state index is 12.9. The van der Waals surface area contributed by atoms with Gasteiger partial charge in [0, 0.05) is 25.2 Å². The molecule has 4 aromatic rings. The third kappa shape index (κ3) is 3.53. The van der Waals surface area contributed by atoms with E-state index in [9.17, 15) is 9.59 Å². The number of ether oxygens (including phenoxy) is 1. The summed E-state index contributed by atoms with van der Waals surface area (Å²) >= 11 is 0. The first kappa shape index (κ1) is 19.7. The Morgan fingerprint density at radius 3 is 2.87 bits per heavy atom. The van der Waals surface area contributed by atoms with E-state index in [-0.39, 0.29) is 11.5 Å². The van der Waals surface area contributed by atoms with Crippen molar-refractivity contribution in [2.45, 2.75) is 13.3 Å². The van der Waals surface area contributed by atoms with E-state index in [0.29, 0.717) is 47.0 Å². The van der Waals surface area contributed by atoms with Gasteiger partial charge in [0.15, 0.2) is 0 Å². The third-order valence-electron chi connectivity index (χ3n) is 5.01. The first-order chi connectivity index (χ1) is 14.5. The summed E-state index contributed by atoms with van der Waals surface area (Å²) in [4.78, 5) is 33.0. The minimum absolute atomic E-state index is 0.157. The maximum absolute atomic E-state index is 12.9. The van der Waals surface area contributed by atoms with E-state index in [4.69, 9.17) is 9.72 Å². The van der Waals surface area contributed by atoms with Gasteiger partial charge in [-0.05, 0) is 49.2 Å². The van der Waals surface area contributed by atoms with Crippen molar-refractivity contribution in [2.24, 2.45) is 0 Å². The number of anilines is 1. The zero-order valence-electron chi connectivity index (χ0n) is 17.1. The lowest BCUT2D eigenvalue weighted by Crippen LogP contribution is -2.20. The summed E-state index contributed by atoms with van der Waals surface area (Å²) in [7, 11) is 3.37. The molecular formula is C22H23N5O3. The van der Waals surface area contributed by atoms with Gasteiger partial charge in [-0.15, -0.1) is 0 Å². The molecule has 0 aliphatic carbocycles. The molecule has 3 aromatic heterocycles. The van der Waals surface area contributed by atoms with Gasteiger partial charge in [0.1, 0.15) is 22.9 Å². The van der Waals surface area contributed by atoms with E-state index in [1.807, 2.05) is 37.4 Å². The number of aromatic amines is 1. The highest BCUT2D eigenvalue weighted by Crippen LogP contribution is 2.30. The molecule has 8 heteroatoms. The lowest BCUT2D eigenvalue weighted by molar-refractivity contribution is -0.116. The average molecular weight is 405 g/mol. The number of imidazole rings is 1. The minimum Gasteiger partial charge on any atom is -0.497 e. The zero-order valence-corrected chi connectivity index (χ0v) is 17.1. The molecule has 0 fully saturated rings. The number of aromatic nitrogens is 3. The number of nitrogens with one attached hydrogen (secondary N) is 3. The van der Waals surface area contributed by atoms with Crippen molar-refractivity contribution in [3.63, 3.8) is 0 Å². The predicted molar refractivity (Wildman–Crippen MR) is 117 cm³/mol. The van der Waals surface area contributed by atoms with Crippen LogP contribution in [-0.4, -0.2) is 41.0 Å². The van der Waals surface area contributed by atoms with Gasteiger partial charge < -0.3 is 20.4 Å². The highest BCUT2D eigenvalue weighted by atomic mass is 16.5. The van der Waals surface area contributed by atoms with Gasteiger partial charge in [-0.2, -0.15) is 0 Å². The second kappa shape index (κ2) is 8.00. The number of carbonyl (C=O) groups excluding carboxylic acids is 1. The Labute approximate surface area is 172 Å². The van der Waals surface area contributed by atoms with Crippen LogP contribution in [0, 0.1) is 6.92 Å². The second-order valence-electron chi connectivity index (χ2n) is 7.06. The van der Waals surface area contributed by atoms with E-state index < -0.39 is 0 Å². The van der Waals surface area contributed by atoms with Crippen LogP contribution in [0.4, 0.5) is 5.82 Å². The van der Waals surface area contributed by atoms with Crippen LogP contribution >= 0.6 is 0 Å². The first-order valence-electron chi connectivity index (χ1n) is 9.65. The van der Waals surface area contributed by atoms with Crippen LogP contribution in [0.15, 0.2) is 47.4 Å². The topological polar surface area (TPSA) is 101 Å². The van der Waals surface area contributed by atoms with Crippen molar-refractivity contribution in [1.82, 2.24) is 19.7 Å². The second-order valence-corrected chi connectivity index (χ2v) is 7.06. The van der Waals surface area contributed by atoms with Gasteiger partial charge in [-0.3, -0.25) is 14.0 Å². The molecular weight excluding hydrogens is 382 g/mol. The standard InChI is InChI=1S/C22H23N5O3/c1-13-5-4-10-27-20(13)26-19(21(27)25-18(28)8-9-23-2)16-11-14-6-7-15(30-3)12-17(14)24-22(16)29/h4-7,10-12,23H,8-9H2,1-3H3,(H,24,29)(H,25,28). The number of pyridine rings is 2. The number of H-pyrrole nitrogens is 1. The molecule has 0 aliphatic rings. The van der Waals surface area contributed by atoms with Gasteiger partial charge in [0.2, 0.25) is 5.91 Å². The summed E-state index contributed by atoms with van der Waals surface area (Å²) in [5, 5.41) is 6.74. The van der Waals surface area contributed by atoms with Crippen molar-refractivity contribution in [3.05, 3.63) is 58.5 Å². The molecule has 0 aliphatic heterocycles. The van der Waals surface area contributed by atoms with Gasteiger partial charge in [-0.1, -0.05) is 6.07 Å². The smallest absolute Gasteiger partial charge is 0.258 e. The van der Waals surface area contributed by atoms with Crippen LogP contribution in [0.25, 0.3) is 27.8 Å². The van der Waals surface area contributed by atoms with Crippen molar-refractivity contribution >= 4 is 28.3 Å². The van der Waals surface area contributed by atoms with Gasteiger partial charge in [-0.25, -0.2) is 4.98 Å². The Kier molecular flexibility index (Phi) is 5.24. The maximum Gasteiger partial charge on any atom is 0.258 e. The highest BCUT2D eigenvalue weighted by Gasteiger charge is 2.20. The number of nitrogens with zero attached hydrogens (tertiary/aromatic N) is 2. The Bertz CT molecular complexity index is 1310. The number of hydrogen-bond donors (Lipinski definition) is 3. The number of hydrogen-bond acceptors (Lipinski definition) is 5. The number of fused-ring (bicyclic) bond motifs is 2. The SMILES string of the molecule is CNCCC(=O)Nc1c(-c2cc3ccc(OC)cc3[nH]c2=O)nc2c(C)cccn12. The highest BCUT2D eigenvalue weighted by molar-refractivity contribution is 5.96. The van der Waals surface area contributed by atoms with E-state index >= 15 is 0 Å². The van der Waals surface area contributed by atoms with E-state index in [2.05, 4.69) is 15.6 Å². The van der Waals surface area contributed by atoms with Crippen molar-refractivity contribution in [1.29, 1.82) is 0 Å². The molecule has 1 aromatic carbocycles. The fourth-order valence-electron chi connectivity index (χ4n) is 3.43. The summed E-state index contributed by atoms with van der Waals surface area (Å²) < 4.78 is 7.04. The van der Waals surface area contributed by atoms with Crippen molar-refractivity contribution in [2.75, 3.05) is 26.0 Å². The Morgan fingerprint density at radius 2 is 2.10 bits per heavy atom. The third-order valence-corrected chi connectivity index (χ3v) is 5.01. The lowest BCUT2D eigenvalue weighted by atomic mass is 10.1.